The first kappa shape index (κ1) is 13.6. The maximum atomic E-state index is 13.6. The van der Waals surface area contributed by atoms with Crippen LogP contribution in [-0.4, -0.2) is 25.1 Å². The van der Waals surface area contributed by atoms with Crippen LogP contribution in [0.15, 0.2) is 18.2 Å². The van der Waals surface area contributed by atoms with Crippen LogP contribution < -0.4 is 15.4 Å². The minimum Gasteiger partial charge on any atom is -0.491 e. The second-order valence-corrected chi connectivity index (χ2v) is 4.60. The van der Waals surface area contributed by atoms with Gasteiger partial charge in [0.1, 0.15) is 0 Å². The fourth-order valence-electron chi connectivity index (χ4n) is 1.73. The minimum atomic E-state index is -0.394. The highest BCUT2D eigenvalue weighted by molar-refractivity contribution is 5.77. The number of amides is 1. The number of rotatable bonds is 7. The Bertz CT molecular complexity index is 447. The van der Waals surface area contributed by atoms with E-state index in [0.29, 0.717) is 31.3 Å². The molecule has 0 spiro atoms. The smallest absolute Gasteiger partial charge is 0.221 e. The van der Waals surface area contributed by atoms with E-state index in [1.54, 1.807) is 12.1 Å². The van der Waals surface area contributed by atoms with Crippen LogP contribution in [0.3, 0.4) is 0 Å². The minimum absolute atomic E-state index is 0.0430. The number of carbonyl (C=O) groups excluding carboxylic acids is 1. The quantitative estimate of drug-likeness (QED) is 0.796. The summed E-state index contributed by atoms with van der Waals surface area (Å²) in [7, 11) is 0. The van der Waals surface area contributed by atoms with Crippen molar-refractivity contribution in [2.75, 3.05) is 18.5 Å². The summed E-state index contributed by atoms with van der Waals surface area (Å²) >= 11 is 0. The van der Waals surface area contributed by atoms with Gasteiger partial charge in [-0.2, -0.15) is 0 Å². The van der Waals surface area contributed by atoms with Gasteiger partial charge in [-0.25, -0.2) is 4.39 Å². The maximum Gasteiger partial charge on any atom is 0.221 e. The summed E-state index contributed by atoms with van der Waals surface area (Å²) in [6, 6.07) is 5.10. The molecule has 1 saturated carbocycles. The Morgan fingerprint density at radius 3 is 2.89 bits per heavy atom. The Labute approximate surface area is 112 Å². The number of hydrogen-bond donors (Lipinski definition) is 2. The molecule has 104 valence electrons. The molecule has 0 radical (unpaired) electrons. The van der Waals surface area contributed by atoms with Gasteiger partial charge in [0.05, 0.1) is 6.61 Å². The first-order chi connectivity index (χ1) is 9.19. The maximum absolute atomic E-state index is 13.6. The van der Waals surface area contributed by atoms with Gasteiger partial charge in [0.15, 0.2) is 11.6 Å². The van der Waals surface area contributed by atoms with E-state index < -0.39 is 5.82 Å². The molecule has 0 unspecified atom stereocenters. The van der Waals surface area contributed by atoms with Crippen LogP contribution in [-0.2, 0) is 4.79 Å². The Morgan fingerprint density at radius 1 is 1.47 bits per heavy atom. The van der Waals surface area contributed by atoms with Gasteiger partial charge >= 0.3 is 0 Å². The van der Waals surface area contributed by atoms with Gasteiger partial charge in [-0.1, -0.05) is 0 Å². The number of carbonyl (C=O) groups is 1. The lowest BCUT2D eigenvalue weighted by Gasteiger charge is -2.09. The van der Waals surface area contributed by atoms with Gasteiger partial charge in [0.2, 0.25) is 5.91 Å². The van der Waals surface area contributed by atoms with E-state index in [2.05, 4.69) is 10.6 Å². The van der Waals surface area contributed by atoms with Crippen LogP contribution in [0.5, 0.6) is 5.75 Å². The highest BCUT2D eigenvalue weighted by Gasteiger charge is 2.22. The summed E-state index contributed by atoms with van der Waals surface area (Å²) in [5.74, 6) is -0.102. The topological polar surface area (TPSA) is 50.4 Å². The summed E-state index contributed by atoms with van der Waals surface area (Å²) in [5.41, 5.74) is 0.653. The number of benzene rings is 1. The van der Waals surface area contributed by atoms with Gasteiger partial charge in [0.25, 0.3) is 0 Å². The summed E-state index contributed by atoms with van der Waals surface area (Å²) in [4.78, 5) is 11.4. The second kappa shape index (κ2) is 6.41. The molecule has 1 aromatic rings. The Hall–Kier alpha value is -1.78. The van der Waals surface area contributed by atoms with Crippen LogP contribution >= 0.6 is 0 Å². The van der Waals surface area contributed by atoms with Crippen molar-refractivity contribution in [2.45, 2.75) is 32.2 Å². The van der Waals surface area contributed by atoms with Gasteiger partial charge < -0.3 is 15.4 Å². The summed E-state index contributed by atoms with van der Waals surface area (Å²) < 4.78 is 18.7. The lowest BCUT2D eigenvalue weighted by Crippen LogP contribution is -2.27. The fourth-order valence-corrected chi connectivity index (χ4v) is 1.73. The number of nitrogens with one attached hydrogen (secondary N) is 2. The van der Waals surface area contributed by atoms with Crippen LogP contribution in [0.1, 0.15) is 26.2 Å². The first-order valence-corrected chi connectivity index (χ1v) is 6.64. The van der Waals surface area contributed by atoms with Gasteiger partial charge in [0, 0.05) is 30.8 Å². The van der Waals surface area contributed by atoms with E-state index in [1.807, 2.05) is 6.92 Å². The molecule has 0 aromatic heterocycles. The highest BCUT2D eigenvalue weighted by atomic mass is 19.1. The monoisotopic (exact) mass is 266 g/mol. The molecule has 5 heteroatoms. The van der Waals surface area contributed by atoms with Crippen LogP contribution in [0.2, 0.25) is 0 Å². The Kier molecular flexibility index (Phi) is 4.60. The van der Waals surface area contributed by atoms with E-state index >= 15 is 0 Å². The van der Waals surface area contributed by atoms with Crippen molar-refractivity contribution in [1.82, 2.24) is 5.32 Å². The van der Waals surface area contributed by atoms with Gasteiger partial charge in [-0.15, -0.1) is 0 Å². The SMILES string of the molecule is CCOc1ccc(NCCC(=O)NC2CC2)cc1F. The standard InChI is InChI=1S/C14H19FN2O2/c1-2-19-13-6-5-11(9-12(13)15)16-8-7-14(18)17-10-3-4-10/h5-6,9-10,16H,2-4,7-8H2,1H3,(H,17,18). The van der Waals surface area contributed by atoms with E-state index in [9.17, 15) is 9.18 Å². The average Bonchev–Trinajstić information content (AvgIpc) is 3.16. The van der Waals surface area contributed by atoms with Crippen molar-refractivity contribution in [2.24, 2.45) is 0 Å². The Balaban J connectivity index is 1.75. The molecule has 0 heterocycles. The summed E-state index contributed by atoms with van der Waals surface area (Å²) in [5, 5.41) is 5.93. The van der Waals surface area contributed by atoms with E-state index in [0.717, 1.165) is 12.8 Å². The van der Waals surface area contributed by atoms with Crippen molar-refractivity contribution in [3.8, 4) is 5.75 Å². The molecule has 2 rings (SSSR count). The van der Waals surface area contributed by atoms with Crippen LogP contribution in [0, 0.1) is 5.82 Å². The fraction of sp³-hybridized carbons (Fsp3) is 0.500. The van der Waals surface area contributed by atoms with Crippen molar-refractivity contribution in [3.05, 3.63) is 24.0 Å². The zero-order chi connectivity index (χ0) is 13.7. The second-order valence-electron chi connectivity index (χ2n) is 4.60. The van der Waals surface area contributed by atoms with Crippen molar-refractivity contribution in [3.63, 3.8) is 0 Å². The lowest BCUT2D eigenvalue weighted by molar-refractivity contribution is -0.120. The van der Waals surface area contributed by atoms with E-state index in [-0.39, 0.29) is 11.7 Å². The zero-order valence-corrected chi connectivity index (χ0v) is 11.0. The van der Waals surface area contributed by atoms with Crippen molar-refractivity contribution in [1.29, 1.82) is 0 Å². The molecule has 1 amide bonds. The number of halogens is 1. The largest absolute Gasteiger partial charge is 0.491 e. The summed E-state index contributed by atoms with van der Waals surface area (Å²) in [6.45, 7) is 2.74. The molecule has 0 aliphatic heterocycles. The van der Waals surface area contributed by atoms with E-state index in [1.165, 1.54) is 6.07 Å². The molecule has 1 fully saturated rings. The molecule has 1 aliphatic carbocycles. The zero-order valence-electron chi connectivity index (χ0n) is 11.0. The molecular weight excluding hydrogens is 247 g/mol. The van der Waals surface area contributed by atoms with Crippen molar-refractivity contribution < 1.29 is 13.9 Å². The van der Waals surface area contributed by atoms with E-state index in [4.69, 9.17) is 4.74 Å². The predicted molar refractivity (Wildman–Crippen MR) is 71.8 cm³/mol. The molecular formula is C14H19FN2O2. The highest BCUT2D eigenvalue weighted by Crippen LogP contribution is 2.21. The molecule has 0 saturated heterocycles. The van der Waals surface area contributed by atoms with Crippen LogP contribution in [0.4, 0.5) is 10.1 Å². The van der Waals surface area contributed by atoms with Crippen LogP contribution in [0.25, 0.3) is 0 Å². The third kappa shape index (κ3) is 4.43. The predicted octanol–water partition coefficient (Wildman–Crippen LogP) is 2.30. The third-order valence-electron chi connectivity index (χ3n) is 2.86. The number of ether oxygens (including phenoxy) is 1. The van der Waals surface area contributed by atoms with Crippen molar-refractivity contribution >= 4 is 11.6 Å². The molecule has 1 aromatic carbocycles. The Morgan fingerprint density at radius 2 is 2.26 bits per heavy atom. The molecule has 4 nitrogen and oxygen atoms in total. The molecule has 0 atom stereocenters. The summed E-state index contributed by atoms with van der Waals surface area (Å²) in [6.07, 6.45) is 2.57. The first-order valence-electron chi connectivity index (χ1n) is 6.64. The molecule has 1 aliphatic rings. The molecule has 19 heavy (non-hydrogen) atoms. The van der Waals surface area contributed by atoms with Gasteiger partial charge in [-0.05, 0) is 31.9 Å². The number of anilines is 1. The third-order valence-corrected chi connectivity index (χ3v) is 2.86. The average molecular weight is 266 g/mol. The molecule has 0 bridgehead atoms. The normalized spacial score (nSPS) is 14.0. The van der Waals surface area contributed by atoms with Gasteiger partial charge in [-0.3, -0.25) is 4.79 Å². The number of hydrogen-bond acceptors (Lipinski definition) is 3. The molecule has 2 N–H and O–H groups in total. The lowest BCUT2D eigenvalue weighted by atomic mass is 10.2.